The molecule has 0 N–H and O–H groups in total. The van der Waals surface area contributed by atoms with Crippen LogP contribution in [0.4, 0.5) is 0 Å². The molecule has 0 aromatic heterocycles. The standard InChI is InChI=1S/C13H16O/c1-2-3-7-13(11-14)10-12-8-5-4-6-9-12/h4-9,11H,2-3,10H2,1H3/b13-7-. The molecule has 0 fully saturated rings. The van der Waals surface area contributed by atoms with E-state index in [1.165, 1.54) is 5.56 Å². The lowest BCUT2D eigenvalue weighted by Gasteiger charge is -1.99. The first-order valence-electron chi connectivity index (χ1n) is 5.05. The van der Waals surface area contributed by atoms with Crippen molar-refractivity contribution in [1.29, 1.82) is 0 Å². The Labute approximate surface area is 85.5 Å². The highest BCUT2D eigenvalue weighted by molar-refractivity contribution is 5.73. The summed E-state index contributed by atoms with van der Waals surface area (Å²) in [6.07, 6.45) is 5.82. The SMILES string of the molecule is CCC/C=C(\C=O)Cc1ccccc1. The van der Waals surface area contributed by atoms with Crippen LogP contribution >= 0.6 is 0 Å². The minimum absolute atomic E-state index is 0.754. The molecule has 0 aliphatic heterocycles. The van der Waals surface area contributed by atoms with Gasteiger partial charge in [-0.25, -0.2) is 0 Å². The van der Waals surface area contributed by atoms with E-state index in [1.54, 1.807) is 0 Å². The highest BCUT2D eigenvalue weighted by atomic mass is 16.1. The lowest BCUT2D eigenvalue weighted by Crippen LogP contribution is -1.91. The molecule has 0 bridgehead atoms. The van der Waals surface area contributed by atoms with Crippen LogP contribution in [0.15, 0.2) is 42.0 Å². The van der Waals surface area contributed by atoms with Crippen molar-refractivity contribution in [2.45, 2.75) is 26.2 Å². The summed E-state index contributed by atoms with van der Waals surface area (Å²) >= 11 is 0. The van der Waals surface area contributed by atoms with Gasteiger partial charge in [-0.3, -0.25) is 4.79 Å². The number of hydrogen-bond donors (Lipinski definition) is 0. The van der Waals surface area contributed by atoms with Gasteiger partial charge in [0, 0.05) is 6.42 Å². The molecule has 0 aliphatic carbocycles. The van der Waals surface area contributed by atoms with Gasteiger partial charge >= 0.3 is 0 Å². The number of unbranched alkanes of at least 4 members (excludes halogenated alkanes) is 1. The number of carbonyl (C=O) groups excluding carboxylic acids is 1. The second-order valence-corrected chi connectivity index (χ2v) is 3.35. The third-order valence-electron chi connectivity index (χ3n) is 2.10. The van der Waals surface area contributed by atoms with E-state index in [1.807, 2.05) is 36.4 Å². The number of aldehydes is 1. The van der Waals surface area contributed by atoms with Crippen LogP contribution in [0, 0.1) is 0 Å². The number of hydrogen-bond acceptors (Lipinski definition) is 1. The Morgan fingerprint density at radius 2 is 2.00 bits per heavy atom. The molecule has 1 aromatic rings. The summed E-state index contributed by atoms with van der Waals surface area (Å²) in [6, 6.07) is 10.1. The van der Waals surface area contributed by atoms with Crippen molar-refractivity contribution in [3.8, 4) is 0 Å². The summed E-state index contributed by atoms with van der Waals surface area (Å²) in [4.78, 5) is 10.7. The monoisotopic (exact) mass is 188 g/mol. The molecule has 0 saturated carbocycles. The van der Waals surface area contributed by atoms with Crippen molar-refractivity contribution in [2.75, 3.05) is 0 Å². The first kappa shape index (κ1) is 10.7. The van der Waals surface area contributed by atoms with Gasteiger partial charge in [-0.15, -0.1) is 0 Å². The quantitative estimate of drug-likeness (QED) is 0.512. The zero-order valence-electron chi connectivity index (χ0n) is 8.57. The van der Waals surface area contributed by atoms with Crippen LogP contribution in [-0.4, -0.2) is 6.29 Å². The van der Waals surface area contributed by atoms with Crippen LogP contribution in [0.25, 0.3) is 0 Å². The average Bonchev–Trinajstić information content (AvgIpc) is 2.25. The summed E-state index contributed by atoms with van der Waals surface area (Å²) in [5, 5.41) is 0. The Kier molecular flexibility index (Phi) is 4.70. The van der Waals surface area contributed by atoms with E-state index in [-0.39, 0.29) is 0 Å². The highest BCUT2D eigenvalue weighted by Gasteiger charge is 1.96. The largest absolute Gasteiger partial charge is 0.298 e. The molecular formula is C13H16O. The van der Waals surface area contributed by atoms with Gasteiger partial charge in [0.1, 0.15) is 6.29 Å². The van der Waals surface area contributed by atoms with E-state index in [0.29, 0.717) is 0 Å². The lowest BCUT2D eigenvalue weighted by atomic mass is 10.1. The van der Waals surface area contributed by atoms with Gasteiger partial charge < -0.3 is 0 Å². The molecule has 1 aromatic carbocycles. The van der Waals surface area contributed by atoms with Crippen LogP contribution in [-0.2, 0) is 11.2 Å². The normalized spacial score (nSPS) is 11.4. The van der Waals surface area contributed by atoms with Gasteiger partial charge in [0.05, 0.1) is 0 Å². The zero-order chi connectivity index (χ0) is 10.2. The zero-order valence-corrected chi connectivity index (χ0v) is 8.57. The number of rotatable bonds is 5. The average molecular weight is 188 g/mol. The minimum Gasteiger partial charge on any atom is -0.298 e. The van der Waals surface area contributed by atoms with Crippen molar-refractivity contribution >= 4 is 6.29 Å². The lowest BCUT2D eigenvalue weighted by molar-refractivity contribution is -0.105. The van der Waals surface area contributed by atoms with Gasteiger partial charge in [0.15, 0.2) is 0 Å². The molecule has 0 heterocycles. The number of carbonyl (C=O) groups is 1. The van der Waals surface area contributed by atoms with Gasteiger partial charge in [0.2, 0.25) is 0 Å². The van der Waals surface area contributed by atoms with E-state index in [0.717, 1.165) is 31.1 Å². The van der Waals surface area contributed by atoms with Gasteiger partial charge in [-0.2, -0.15) is 0 Å². The summed E-state index contributed by atoms with van der Waals surface area (Å²) in [5.74, 6) is 0. The summed E-state index contributed by atoms with van der Waals surface area (Å²) in [6.45, 7) is 2.11. The second-order valence-electron chi connectivity index (χ2n) is 3.35. The summed E-state index contributed by atoms with van der Waals surface area (Å²) < 4.78 is 0. The molecule has 0 amide bonds. The van der Waals surface area contributed by atoms with Gasteiger partial charge in [-0.05, 0) is 17.6 Å². The third-order valence-corrected chi connectivity index (χ3v) is 2.10. The Morgan fingerprint density at radius 3 is 2.57 bits per heavy atom. The van der Waals surface area contributed by atoms with E-state index in [4.69, 9.17) is 0 Å². The molecule has 0 radical (unpaired) electrons. The molecule has 74 valence electrons. The van der Waals surface area contributed by atoms with Crippen LogP contribution in [0.1, 0.15) is 25.3 Å². The number of benzene rings is 1. The third kappa shape index (κ3) is 3.56. The maximum Gasteiger partial charge on any atom is 0.146 e. The molecule has 1 heteroatoms. The molecule has 0 spiro atoms. The molecule has 1 rings (SSSR count). The van der Waals surface area contributed by atoms with Crippen molar-refractivity contribution in [2.24, 2.45) is 0 Å². The Bertz CT molecular complexity index is 298. The fourth-order valence-corrected chi connectivity index (χ4v) is 1.32. The van der Waals surface area contributed by atoms with Crippen LogP contribution in [0.2, 0.25) is 0 Å². The molecule has 0 atom stereocenters. The van der Waals surface area contributed by atoms with E-state index in [2.05, 4.69) is 6.92 Å². The fourth-order valence-electron chi connectivity index (χ4n) is 1.32. The van der Waals surface area contributed by atoms with Crippen molar-refractivity contribution in [3.63, 3.8) is 0 Å². The predicted octanol–water partition coefficient (Wildman–Crippen LogP) is 3.15. The summed E-state index contributed by atoms with van der Waals surface area (Å²) in [5.41, 5.74) is 2.08. The first-order valence-corrected chi connectivity index (χ1v) is 5.05. The Hall–Kier alpha value is -1.37. The predicted molar refractivity (Wildman–Crippen MR) is 59.2 cm³/mol. The Balaban J connectivity index is 2.61. The molecule has 1 nitrogen and oxygen atoms in total. The van der Waals surface area contributed by atoms with Crippen LogP contribution < -0.4 is 0 Å². The first-order chi connectivity index (χ1) is 6.86. The van der Waals surface area contributed by atoms with Gasteiger partial charge in [0.25, 0.3) is 0 Å². The molecule has 0 saturated heterocycles. The summed E-state index contributed by atoms with van der Waals surface area (Å²) in [7, 11) is 0. The maximum absolute atomic E-state index is 10.7. The maximum atomic E-state index is 10.7. The molecule has 14 heavy (non-hydrogen) atoms. The topological polar surface area (TPSA) is 17.1 Å². The van der Waals surface area contributed by atoms with E-state index in [9.17, 15) is 4.79 Å². The fraction of sp³-hybridized carbons (Fsp3) is 0.308. The molecular weight excluding hydrogens is 172 g/mol. The van der Waals surface area contributed by atoms with Crippen LogP contribution in [0.5, 0.6) is 0 Å². The van der Waals surface area contributed by atoms with Crippen molar-refractivity contribution in [3.05, 3.63) is 47.5 Å². The van der Waals surface area contributed by atoms with Crippen molar-refractivity contribution < 1.29 is 4.79 Å². The number of allylic oxidation sites excluding steroid dienone is 2. The minimum atomic E-state index is 0.754. The molecule has 0 aliphatic rings. The smallest absolute Gasteiger partial charge is 0.146 e. The van der Waals surface area contributed by atoms with Crippen LogP contribution in [0.3, 0.4) is 0 Å². The highest BCUT2D eigenvalue weighted by Crippen LogP contribution is 2.07. The molecule has 0 unspecified atom stereocenters. The Morgan fingerprint density at radius 1 is 1.29 bits per heavy atom. The second kappa shape index (κ2) is 6.14. The van der Waals surface area contributed by atoms with Gasteiger partial charge in [-0.1, -0.05) is 49.8 Å². The van der Waals surface area contributed by atoms with Crippen molar-refractivity contribution in [1.82, 2.24) is 0 Å². The van der Waals surface area contributed by atoms with E-state index < -0.39 is 0 Å². The van der Waals surface area contributed by atoms with E-state index >= 15 is 0 Å².